The maximum absolute atomic E-state index is 10.6. The van der Waals surface area contributed by atoms with Crippen LogP contribution in [-0.2, 0) is 6.42 Å². The monoisotopic (exact) mass is 313 g/mol. The summed E-state index contributed by atoms with van der Waals surface area (Å²) in [7, 11) is 6.00. The van der Waals surface area contributed by atoms with Gasteiger partial charge in [0.2, 0.25) is 0 Å². The highest BCUT2D eigenvalue weighted by molar-refractivity contribution is 5.74. The topological polar surface area (TPSA) is 29.5 Å². The van der Waals surface area contributed by atoms with Crippen molar-refractivity contribution in [3.05, 3.63) is 59.7 Å². The lowest BCUT2D eigenvalue weighted by Crippen LogP contribution is -1.99. The molecule has 0 heterocycles. The number of nitrogens with zero attached hydrogens (tertiary/aromatic N) is 1. The number of rotatable bonds is 6. The van der Waals surface area contributed by atoms with E-state index in [1.807, 2.05) is 38.2 Å². The van der Waals surface area contributed by atoms with E-state index in [4.69, 9.17) is 4.74 Å². The summed E-state index contributed by atoms with van der Waals surface area (Å²) >= 11 is 0. The molecular weight excluding hydrogens is 286 g/mol. The van der Waals surface area contributed by atoms with Crippen LogP contribution < -0.4 is 4.74 Å². The number of aldehydes is 1. The standard InChI is InChI=1S/C17H18O2.C3H9N/c1-2-3-4-14-5-9-16(10-6-14)19-17-11-7-15(13-18)8-12-17;1-4(2)3/h5-13H,2-4H2,1H3;1-3H3. The third-order valence-corrected chi connectivity index (χ3v) is 2.99. The van der Waals surface area contributed by atoms with Gasteiger partial charge in [-0.1, -0.05) is 25.5 Å². The van der Waals surface area contributed by atoms with Crippen LogP contribution in [0.1, 0.15) is 35.7 Å². The van der Waals surface area contributed by atoms with E-state index in [0.29, 0.717) is 5.56 Å². The zero-order valence-corrected chi connectivity index (χ0v) is 14.6. The summed E-state index contributed by atoms with van der Waals surface area (Å²) < 4.78 is 5.72. The van der Waals surface area contributed by atoms with Crippen molar-refractivity contribution < 1.29 is 9.53 Å². The Balaban J connectivity index is 0.000000593. The quantitative estimate of drug-likeness (QED) is 0.717. The van der Waals surface area contributed by atoms with Crippen molar-refractivity contribution in [2.45, 2.75) is 26.2 Å². The van der Waals surface area contributed by atoms with Crippen LogP contribution in [-0.4, -0.2) is 32.3 Å². The Morgan fingerprint density at radius 2 is 1.39 bits per heavy atom. The molecule has 0 aromatic heterocycles. The third kappa shape index (κ3) is 8.17. The molecule has 3 heteroatoms. The maximum Gasteiger partial charge on any atom is 0.150 e. The van der Waals surface area contributed by atoms with Crippen LogP contribution in [0.5, 0.6) is 11.5 Å². The molecule has 0 saturated heterocycles. The first-order valence-corrected chi connectivity index (χ1v) is 7.98. The summed E-state index contributed by atoms with van der Waals surface area (Å²) in [5.74, 6) is 1.56. The van der Waals surface area contributed by atoms with Crippen LogP contribution in [0.4, 0.5) is 0 Å². The molecule has 0 aliphatic rings. The molecule has 0 amide bonds. The van der Waals surface area contributed by atoms with Crippen LogP contribution in [0, 0.1) is 0 Å². The molecule has 0 unspecified atom stereocenters. The number of unbranched alkanes of at least 4 members (excludes halogenated alkanes) is 1. The van der Waals surface area contributed by atoms with E-state index >= 15 is 0 Å². The van der Waals surface area contributed by atoms with Gasteiger partial charge in [-0.2, -0.15) is 0 Å². The second kappa shape index (κ2) is 10.6. The largest absolute Gasteiger partial charge is 0.457 e. The minimum absolute atomic E-state index is 0.655. The van der Waals surface area contributed by atoms with E-state index in [1.165, 1.54) is 18.4 Å². The zero-order valence-electron chi connectivity index (χ0n) is 14.6. The molecule has 0 N–H and O–H groups in total. The zero-order chi connectivity index (χ0) is 17.1. The molecule has 0 saturated carbocycles. The molecule has 124 valence electrons. The van der Waals surface area contributed by atoms with Crippen molar-refractivity contribution in [3.63, 3.8) is 0 Å². The van der Waals surface area contributed by atoms with Crippen molar-refractivity contribution >= 4 is 6.29 Å². The maximum atomic E-state index is 10.6. The highest BCUT2D eigenvalue weighted by atomic mass is 16.5. The fourth-order valence-electron chi connectivity index (χ4n) is 1.86. The summed E-state index contributed by atoms with van der Waals surface area (Å²) in [6, 6.07) is 15.3. The van der Waals surface area contributed by atoms with E-state index < -0.39 is 0 Å². The van der Waals surface area contributed by atoms with Gasteiger partial charge in [-0.25, -0.2) is 0 Å². The Kier molecular flexibility index (Phi) is 8.70. The number of hydrogen-bond donors (Lipinski definition) is 0. The number of aryl methyl sites for hydroxylation is 1. The first-order valence-electron chi connectivity index (χ1n) is 7.98. The normalized spacial score (nSPS) is 9.96. The summed E-state index contributed by atoms with van der Waals surface area (Å²) in [4.78, 5) is 12.6. The average Bonchev–Trinajstić information content (AvgIpc) is 2.54. The fraction of sp³-hybridized carbons (Fsp3) is 0.350. The molecule has 23 heavy (non-hydrogen) atoms. The van der Waals surface area contributed by atoms with E-state index in [9.17, 15) is 4.79 Å². The number of carbonyl (C=O) groups is 1. The van der Waals surface area contributed by atoms with Crippen molar-refractivity contribution in [1.29, 1.82) is 0 Å². The molecule has 0 atom stereocenters. The Morgan fingerprint density at radius 3 is 1.83 bits per heavy atom. The number of carbonyl (C=O) groups excluding carboxylic acids is 1. The predicted molar refractivity (Wildman–Crippen MR) is 96.6 cm³/mol. The molecule has 0 bridgehead atoms. The van der Waals surface area contributed by atoms with Crippen LogP contribution in [0.2, 0.25) is 0 Å². The highest BCUT2D eigenvalue weighted by Crippen LogP contribution is 2.22. The number of hydrogen-bond acceptors (Lipinski definition) is 3. The summed E-state index contributed by atoms with van der Waals surface area (Å²) in [5, 5.41) is 0. The van der Waals surface area contributed by atoms with Crippen molar-refractivity contribution in [2.75, 3.05) is 21.1 Å². The molecule has 3 nitrogen and oxygen atoms in total. The molecule has 0 radical (unpaired) electrons. The summed E-state index contributed by atoms with van der Waals surface area (Å²) in [6.07, 6.45) is 4.37. The minimum Gasteiger partial charge on any atom is -0.457 e. The smallest absolute Gasteiger partial charge is 0.150 e. The molecule has 0 spiro atoms. The van der Waals surface area contributed by atoms with Gasteiger partial charge >= 0.3 is 0 Å². The van der Waals surface area contributed by atoms with Gasteiger partial charge in [-0.05, 0) is 75.9 Å². The van der Waals surface area contributed by atoms with Crippen molar-refractivity contribution in [1.82, 2.24) is 4.90 Å². The van der Waals surface area contributed by atoms with E-state index in [2.05, 4.69) is 19.1 Å². The third-order valence-electron chi connectivity index (χ3n) is 2.99. The van der Waals surface area contributed by atoms with Gasteiger partial charge in [0, 0.05) is 5.56 Å². The molecule has 2 aromatic carbocycles. The minimum atomic E-state index is 0.655. The fourth-order valence-corrected chi connectivity index (χ4v) is 1.86. The lowest BCUT2D eigenvalue weighted by Gasteiger charge is -2.07. The molecule has 0 fully saturated rings. The van der Waals surface area contributed by atoms with Crippen LogP contribution in [0.3, 0.4) is 0 Å². The average molecular weight is 313 g/mol. The first kappa shape index (κ1) is 18.9. The first-order chi connectivity index (χ1) is 11.0. The summed E-state index contributed by atoms with van der Waals surface area (Å²) in [6.45, 7) is 2.19. The van der Waals surface area contributed by atoms with Gasteiger partial charge in [0.25, 0.3) is 0 Å². The van der Waals surface area contributed by atoms with Crippen LogP contribution in [0.25, 0.3) is 0 Å². The van der Waals surface area contributed by atoms with Gasteiger partial charge in [0.15, 0.2) is 0 Å². The van der Waals surface area contributed by atoms with Crippen molar-refractivity contribution in [3.8, 4) is 11.5 Å². The number of ether oxygens (including phenoxy) is 1. The van der Waals surface area contributed by atoms with E-state index in [0.717, 1.165) is 24.2 Å². The molecule has 0 aliphatic heterocycles. The molecule has 2 rings (SSSR count). The lowest BCUT2D eigenvalue weighted by molar-refractivity contribution is 0.112. The second-order valence-electron chi connectivity index (χ2n) is 5.88. The van der Waals surface area contributed by atoms with E-state index in [-0.39, 0.29) is 0 Å². The SMILES string of the molecule is CCCCc1ccc(Oc2ccc(C=O)cc2)cc1.CN(C)C. The lowest BCUT2D eigenvalue weighted by atomic mass is 10.1. The van der Waals surface area contributed by atoms with Crippen molar-refractivity contribution in [2.24, 2.45) is 0 Å². The Hall–Kier alpha value is -2.13. The molecular formula is C20H27NO2. The highest BCUT2D eigenvalue weighted by Gasteiger charge is 1.98. The Morgan fingerprint density at radius 1 is 0.913 bits per heavy atom. The van der Waals surface area contributed by atoms with Crippen LogP contribution in [0.15, 0.2) is 48.5 Å². The van der Waals surface area contributed by atoms with Gasteiger partial charge in [-0.3, -0.25) is 4.79 Å². The Bertz CT molecular complexity index is 556. The van der Waals surface area contributed by atoms with Gasteiger partial charge in [-0.15, -0.1) is 0 Å². The number of benzene rings is 2. The van der Waals surface area contributed by atoms with E-state index in [1.54, 1.807) is 24.3 Å². The van der Waals surface area contributed by atoms with Gasteiger partial charge < -0.3 is 9.64 Å². The Labute approximate surface area is 139 Å². The van der Waals surface area contributed by atoms with Crippen LogP contribution >= 0.6 is 0 Å². The van der Waals surface area contributed by atoms with Gasteiger partial charge in [0.05, 0.1) is 0 Å². The summed E-state index contributed by atoms with van der Waals surface area (Å²) in [5.41, 5.74) is 1.99. The predicted octanol–water partition coefficient (Wildman–Crippen LogP) is 4.81. The molecule has 0 aliphatic carbocycles. The second-order valence-corrected chi connectivity index (χ2v) is 5.88. The molecule has 2 aromatic rings. The van der Waals surface area contributed by atoms with Gasteiger partial charge in [0.1, 0.15) is 17.8 Å².